The number of anilines is 1. The highest BCUT2D eigenvalue weighted by Gasteiger charge is 2.32. The average molecular weight is 647 g/mol. The molecule has 2 saturated heterocycles. The zero-order valence-electron chi connectivity index (χ0n) is 26.8. The van der Waals surface area contributed by atoms with Crippen LogP contribution in [0.4, 0.5) is 5.82 Å². The van der Waals surface area contributed by atoms with E-state index in [-0.39, 0.29) is 24.5 Å². The lowest BCUT2D eigenvalue weighted by atomic mass is 10.0. The Bertz CT molecular complexity index is 1880. The van der Waals surface area contributed by atoms with Crippen LogP contribution in [0.3, 0.4) is 0 Å². The van der Waals surface area contributed by atoms with Crippen molar-refractivity contribution in [2.24, 2.45) is 0 Å². The minimum absolute atomic E-state index is 0.130. The quantitative estimate of drug-likeness (QED) is 0.209. The molecule has 11 heteroatoms. The number of likely N-dealkylation sites (tertiary alicyclic amines) is 1. The highest BCUT2D eigenvalue weighted by atomic mass is 16.7. The molecule has 1 amide bonds. The van der Waals surface area contributed by atoms with Crippen molar-refractivity contribution in [3.05, 3.63) is 103 Å². The average Bonchev–Trinajstić information content (AvgIpc) is 3.53. The van der Waals surface area contributed by atoms with Gasteiger partial charge in [-0.2, -0.15) is 0 Å². The smallest absolute Gasteiger partial charge is 0.254 e. The highest BCUT2D eigenvalue weighted by molar-refractivity contribution is 6.01. The van der Waals surface area contributed by atoms with Gasteiger partial charge in [0.15, 0.2) is 12.6 Å². The van der Waals surface area contributed by atoms with E-state index >= 15 is 0 Å². The number of benzene rings is 3. The molecule has 0 aliphatic carbocycles. The van der Waals surface area contributed by atoms with Gasteiger partial charge < -0.3 is 29.4 Å². The Hall–Kier alpha value is -5.10. The zero-order chi connectivity index (χ0) is 33.0. The molecule has 11 nitrogen and oxygen atoms in total. The second-order valence-corrected chi connectivity index (χ2v) is 12.3. The zero-order valence-corrected chi connectivity index (χ0v) is 26.8. The number of hydrogen-bond acceptors (Lipinski definition) is 9. The third-order valence-corrected chi connectivity index (χ3v) is 9.23. The monoisotopic (exact) mass is 646 g/mol. The Balaban J connectivity index is 0.971. The molecule has 0 spiro atoms. The number of piperidine rings is 1. The fourth-order valence-electron chi connectivity index (χ4n) is 6.62. The van der Waals surface area contributed by atoms with Crippen molar-refractivity contribution >= 4 is 29.0 Å². The summed E-state index contributed by atoms with van der Waals surface area (Å²) in [5.74, 6) is 1.77. The SMILES string of the molecule is CN(CC1OCC(N2CCC(n3cc(-c4ccc(Oc5ccccc5)cc4)c4c(N)ncnc43)CC2)CO1)C(=O)c1ccccc1C=O. The lowest BCUT2D eigenvalue weighted by Gasteiger charge is -2.41. The third-order valence-electron chi connectivity index (χ3n) is 9.23. The Labute approximate surface area is 278 Å². The van der Waals surface area contributed by atoms with Crippen molar-refractivity contribution in [1.29, 1.82) is 0 Å². The van der Waals surface area contributed by atoms with Gasteiger partial charge in [-0.1, -0.05) is 48.5 Å². The van der Waals surface area contributed by atoms with Gasteiger partial charge in [-0.25, -0.2) is 9.97 Å². The van der Waals surface area contributed by atoms with E-state index in [1.54, 1.807) is 31.3 Å². The first-order valence-corrected chi connectivity index (χ1v) is 16.2. The van der Waals surface area contributed by atoms with Crippen molar-refractivity contribution in [1.82, 2.24) is 24.3 Å². The number of rotatable bonds is 9. The summed E-state index contributed by atoms with van der Waals surface area (Å²) in [5, 5.41) is 0.856. The number of carbonyl (C=O) groups excluding carboxylic acids is 2. The molecule has 48 heavy (non-hydrogen) atoms. The molecular formula is C37H38N6O5. The van der Waals surface area contributed by atoms with Crippen molar-refractivity contribution in [3.63, 3.8) is 0 Å². The third kappa shape index (κ3) is 6.52. The summed E-state index contributed by atoms with van der Waals surface area (Å²) in [6, 6.07) is 24.9. The van der Waals surface area contributed by atoms with Gasteiger partial charge >= 0.3 is 0 Å². The van der Waals surface area contributed by atoms with Crippen molar-refractivity contribution < 1.29 is 23.8 Å². The summed E-state index contributed by atoms with van der Waals surface area (Å²) >= 11 is 0. The van der Waals surface area contributed by atoms with E-state index in [0.29, 0.717) is 36.4 Å². The molecule has 2 aliphatic heterocycles. The van der Waals surface area contributed by atoms with Gasteiger partial charge in [0.1, 0.15) is 29.3 Å². The van der Waals surface area contributed by atoms with Crippen molar-refractivity contribution in [3.8, 4) is 22.6 Å². The van der Waals surface area contributed by atoms with Crippen LogP contribution in [0.5, 0.6) is 11.5 Å². The van der Waals surface area contributed by atoms with Crippen molar-refractivity contribution in [2.75, 3.05) is 45.6 Å². The number of likely N-dealkylation sites (N-methyl/N-ethyl adjacent to an activating group) is 1. The van der Waals surface area contributed by atoms with Gasteiger partial charge in [0.25, 0.3) is 5.91 Å². The first kappa shape index (κ1) is 31.5. The number of hydrogen-bond donors (Lipinski definition) is 1. The van der Waals surface area contributed by atoms with Crippen LogP contribution in [-0.4, -0.2) is 88.8 Å². The molecule has 0 radical (unpaired) electrons. The molecule has 5 aromatic rings. The van der Waals surface area contributed by atoms with Crippen LogP contribution in [0, 0.1) is 0 Å². The van der Waals surface area contributed by atoms with Crippen LogP contribution in [0.25, 0.3) is 22.2 Å². The van der Waals surface area contributed by atoms with Gasteiger partial charge in [0, 0.05) is 43.5 Å². The van der Waals surface area contributed by atoms with E-state index in [1.807, 2.05) is 54.6 Å². The number of carbonyl (C=O) groups is 2. The number of ether oxygens (including phenoxy) is 3. The summed E-state index contributed by atoms with van der Waals surface area (Å²) in [6.45, 7) is 3.08. The van der Waals surface area contributed by atoms with Gasteiger partial charge in [0.2, 0.25) is 0 Å². The highest BCUT2D eigenvalue weighted by Crippen LogP contribution is 2.37. The fourth-order valence-corrected chi connectivity index (χ4v) is 6.62. The number of nitrogens with two attached hydrogens (primary N) is 1. The first-order chi connectivity index (χ1) is 23.5. The number of aldehydes is 1. The van der Waals surface area contributed by atoms with E-state index in [0.717, 1.165) is 59.6 Å². The van der Waals surface area contributed by atoms with Gasteiger partial charge in [-0.3, -0.25) is 14.5 Å². The summed E-state index contributed by atoms with van der Waals surface area (Å²) in [4.78, 5) is 37.3. The summed E-state index contributed by atoms with van der Waals surface area (Å²) in [5.41, 5.74) is 10.0. The number of para-hydroxylation sites is 1. The number of amides is 1. The molecule has 0 atom stereocenters. The largest absolute Gasteiger partial charge is 0.457 e. The minimum atomic E-state index is -0.523. The molecule has 2 N–H and O–H groups in total. The molecule has 4 heterocycles. The van der Waals surface area contributed by atoms with E-state index < -0.39 is 6.29 Å². The topological polar surface area (TPSA) is 125 Å². The van der Waals surface area contributed by atoms with E-state index in [1.165, 1.54) is 11.2 Å². The predicted molar refractivity (Wildman–Crippen MR) is 182 cm³/mol. The van der Waals surface area contributed by atoms with Crippen LogP contribution in [0.2, 0.25) is 0 Å². The Morgan fingerprint density at radius 1 is 0.938 bits per heavy atom. The molecule has 7 rings (SSSR count). The maximum absolute atomic E-state index is 12.9. The van der Waals surface area contributed by atoms with Crippen LogP contribution >= 0.6 is 0 Å². The number of fused-ring (bicyclic) bond motifs is 1. The summed E-state index contributed by atoms with van der Waals surface area (Å²) < 4.78 is 20.4. The van der Waals surface area contributed by atoms with Crippen LogP contribution in [-0.2, 0) is 9.47 Å². The molecule has 2 aromatic heterocycles. The fraction of sp³-hybridized carbons (Fsp3) is 0.297. The second-order valence-electron chi connectivity index (χ2n) is 12.3. The Morgan fingerprint density at radius 3 is 2.35 bits per heavy atom. The maximum atomic E-state index is 12.9. The molecule has 3 aromatic carbocycles. The van der Waals surface area contributed by atoms with Crippen LogP contribution in [0.1, 0.15) is 39.6 Å². The first-order valence-electron chi connectivity index (χ1n) is 16.2. The lowest BCUT2D eigenvalue weighted by molar-refractivity contribution is -0.209. The predicted octanol–water partition coefficient (Wildman–Crippen LogP) is 5.44. The van der Waals surface area contributed by atoms with E-state index in [2.05, 4.69) is 25.6 Å². The molecule has 2 aliphatic rings. The molecule has 0 bridgehead atoms. The maximum Gasteiger partial charge on any atom is 0.254 e. The molecular weight excluding hydrogens is 608 g/mol. The normalized spacial score (nSPS) is 18.9. The Morgan fingerprint density at radius 2 is 1.62 bits per heavy atom. The summed E-state index contributed by atoms with van der Waals surface area (Å²) in [7, 11) is 1.69. The molecule has 2 fully saturated rings. The van der Waals surface area contributed by atoms with Gasteiger partial charge in [0.05, 0.1) is 36.8 Å². The summed E-state index contributed by atoms with van der Waals surface area (Å²) in [6.07, 6.45) is 5.74. The second kappa shape index (κ2) is 13.9. The van der Waals surface area contributed by atoms with Crippen molar-refractivity contribution in [2.45, 2.75) is 31.2 Å². The van der Waals surface area contributed by atoms with Crippen LogP contribution in [0.15, 0.2) is 91.4 Å². The lowest BCUT2D eigenvalue weighted by Crippen LogP contribution is -2.52. The van der Waals surface area contributed by atoms with Gasteiger partial charge in [-0.05, 0) is 48.7 Å². The van der Waals surface area contributed by atoms with Gasteiger partial charge in [-0.15, -0.1) is 0 Å². The molecule has 246 valence electrons. The molecule has 0 unspecified atom stereocenters. The number of aromatic nitrogens is 3. The van der Waals surface area contributed by atoms with Crippen LogP contribution < -0.4 is 10.5 Å². The number of nitrogens with zero attached hydrogens (tertiary/aromatic N) is 5. The Kier molecular flexibility index (Phi) is 9.15. The minimum Gasteiger partial charge on any atom is -0.457 e. The number of nitrogen functional groups attached to an aromatic ring is 1. The standard InChI is InChI=1S/C37H38N6O5/c1-41(37(45)31-10-6-5-7-26(31)21-44)20-33-46-22-28(23-47-33)42-17-15-27(16-18-42)43-19-32(34-35(38)39-24-40-36(34)43)25-11-13-30(14-12-25)48-29-8-3-2-4-9-29/h2-14,19,21,24,27-28,33H,15-18,20,22-23H2,1H3,(H2,38,39,40). The van der Waals surface area contributed by atoms with E-state index in [4.69, 9.17) is 19.9 Å². The van der Waals surface area contributed by atoms with E-state index in [9.17, 15) is 9.59 Å². The molecule has 0 saturated carbocycles.